The lowest BCUT2D eigenvalue weighted by atomic mass is 9.88. The molecular weight excluding hydrogens is 315 g/mol. The van der Waals surface area contributed by atoms with Crippen molar-refractivity contribution >= 4 is 23.5 Å². The van der Waals surface area contributed by atoms with Gasteiger partial charge in [0.25, 0.3) is 0 Å². The van der Waals surface area contributed by atoms with E-state index in [1.165, 1.54) is 36.3 Å². The number of hydrogen-bond acceptors (Lipinski definition) is 4. The number of nitrogens with zero attached hydrogens (tertiary/aromatic N) is 1. The lowest BCUT2D eigenvalue weighted by molar-refractivity contribution is -0.139. The third-order valence-corrected chi connectivity index (χ3v) is 3.86. The lowest BCUT2D eigenvalue weighted by Gasteiger charge is -2.33. The van der Waals surface area contributed by atoms with Gasteiger partial charge in [0, 0.05) is 24.4 Å². The van der Waals surface area contributed by atoms with Gasteiger partial charge in [0.05, 0.1) is 18.6 Å². The predicted molar refractivity (Wildman–Crippen MR) is 85.4 cm³/mol. The standard InChI is InChI=1S/C17H19FN2O4/c1-4-19-16(22)13-9-14(21)20(10(2)15(13)17(23)24-3)12-7-5-11(18)6-8-12/h5-8,13H,4,9H2,1-3H3,(H,19,22)/t13-/m0/s1. The molecular formula is C17H19FN2O4. The number of ether oxygens (including phenoxy) is 1. The van der Waals surface area contributed by atoms with E-state index in [1.807, 2.05) is 0 Å². The molecule has 0 unspecified atom stereocenters. The van der Waals surface area contributed by atoms with Crippen LogP contribution in [0.25, 0.3) is 0 Å². The number of carbonyl (C=O) groups is 3. The number of amides is 2. The van der Waals surface area contributed by atoms with E-state index in [9.17, 15) is 18.8 Å². The molecule has 1 heterocycles. The largest absolute Gasteiger partial charge is 0.466 e. The van der Waals surface area contributed by atoms with Gasteiger partial charge in [-0.1, -0.05) is 0 Å². The van der Waals surface area contributed by atoms with Gasteiger partial charge in [0.1, 0.15) is 5.82 Å². The molecule has 1 aliphatic heterocycles. The quantitative estimate of drug-likeness (QED) is 0.852. The van der Waals surface area contributed by atoms with E-state index >= 15 is 0 Å². The van der Waals surface area contributed by atoms with Crippen LogP contribution in [0.4, 0.5) is 10.1 Å². The number of halogens is 1. The minimum absolute atomic E-state index is 0.132. The first kappa shape index (κ1) is 17.7. The SMILES string of the molecule is CCNC(=O)[C@H]1CC(=O)N(c2ccc(F)cc2)C(C)=C1C(=O)OC. The molecule has 7 heteroatoms. The summed E-state index contributed by atoms with van der Waals surface area (Å²) in [5, 5.41) is 2.63. The summed E-state index contributed by atoms with van der Waals surface area (Å²) in [5.74, 6) is -2.74. The Morgan fingerprint density at radius 1 is 1.33 bits per heavy atom. The second-order valence-corrected chi connectivity index (χ2v) is 5.35. The maximum absolute atomic E-state index is 13.1. The van der Waals surface area contributed by atoms with Crippen LogP contribution in [0, 0.1) is 11.7 Å². The van der Waals surface area contributed by atoms with Crippen LogP contribution in [-0.2, 0) is 19.1 Å². The zero-order chi connectivity index (χ0) is 17.9. The Bertz CT molecular complexity index is 697. The first-order chi connectivity index (χ1) is 11.4. The zero-order valence-electron chi connectivity index (χ0n) is 13.8. The summed E-state index contributed by atoms with van der Waals surface area (Å²) in [6.45, 7) is 3.71. The highest BCUT2D eigenvalue weighted by atomic mass is 19.1. The maximum Gasteiger partial charge on any atom is 0.336 e. The summed E-state index contributed by atoms with van der Waals surface area (Å²) in [4.78, 5) is 38.2. The molecule has 0 fully saturated rings. The number of benzene rings is 1. The van der Waals surface area contributed by atoms with Crippen molar-refractivity contribution < 1.29 is 23.5 Å². The van der Waals surface area contributed by atoms with Gasteiger partial charge < -0.3 is 10.1 Å². The molecule has 6 nitrogen and oxygen atoms in total. The van der Waals surface area contributed by atoms with Crippen LogP contribution in [0.2, 0.25) is 0 Å². The van der Waals surface area contributed by atoms with Crippen molar-refractivity contribution in [3.8, 4) is 0 Å². The number of rotatable bonds is 4. The van der Waals surface area contributed by atoms with E-state index < -0.39 is 23.6 Å². The Morgan fingerprint density at radius 2 is 1.96 bits per heavy atom. The van der Waals surface area contributed by atoms with E-state index in [1.54, 1.807) is 13.8 Å². The molecule has 0 bridgehead atoms. The Hall–Kier alpha value is -2.70. The van der Waals surface area contributed by atoms with E-state index in [0.717, 1.165) is 0 Å². The van der Waals surface area contributed by atoms with E-state index in [-0.39, 0.29) is 17.9 Å². The van der Waals surface area contributed by atoms with Gasteiger partial charge in [0.2, 0.25) is 11.8 Å². The zero-order valence-corrected chi connectivity index (χ0v) is 13.8. The van der Waals surface area contributed by atoms with Crippen molar-refractivity contribution in [2.75, 3.05) is 18.6 Å². The van der Waals surface area contributed by atoms with Gasteiger partial charge in [-0.05, 0) is 38.1 Å². The molecule has 1 aromatic rings. The fourth-order valence-electron chi connectivity index (χ4n) is 2.78. The maximum atomic E-state index is 13.1. The van der Waals surface area contributed by atoms with Crippen LogP contribution in [0.5, 0.6) is 0 Å². The van der Waals surface area contributed by atoms with Gasteiger partial charge >= 0.3 is 5.97 Å². The third kappa shape index (κ3) is 3.29. The summed E-state index contributed by atoms with van der Waals surface area (Å²) in [6.07, 6.45) is -0.162. The average Bonchev–Trinajstić information content (AvgIpc) is 2.55. The second kappa shape index (κ2) is 7.25. The molecule has 1 atom stereocenters. The molecule has 1 aliphatic rings. The summed E-state index contributed by atoms with van der Waals surface area (Å²) < 4.78 is 17.9. The average molecular weight is 334 g/mol. The highest BCUT2D eigenvalue weighted by Crippen LogP contribution is 2.33. The van der Waals surface area contributed by atoms with Crippen LogP contribution in [-0.4, -0.2) is 31.4 Å². The smallest absolute Gasteiger partial charge is 0.336 e. The molecule has 2 amide bonds. The normalized spacial score (nSPS) is 17.8. The van der Waals surface area contributed by atoms with Crippen LogP contribution in [0.3, 0.4) is 0 Å². The Balaban J connectivity index is 2.52. The Kier molecular flexibility index (Phi) is 5.33. The molecule has 24 heavy (non-hydrogen) atoms. The van der Waals surface area contributed by atoms with Gasteiger partial charge in [-0.3, -0.25) is 14.5 Å². The van der Waals surface area contributed by atoms with Crippen molar-refractivity contribution in [3.63, 3.8) is 0 Å². The second-order valence-electron chi connectivity index (χ2n) is 5.35. The van der Waals surface area contributed by atoms with E-state index in [0.29, 0.717) is 17.9 Å². The Morgan fingerprint density at radius 3 is 2.50 bits per heavy atom. The molecule has 0 spiro atoms. The first-order valence-corrected chi connectivity index (χ1v) is 7.56. The predicted octanol–water partition coefficient (Wildman–Crippen LogP) is 1.76. The van der Waals surface area contributed by atoms with Gasteiger partial charge in [-0.15, -0.1) is 0 Å². The molecule has 0 aromatic heterocycles. The van der Waals surface area contributed by atoms with Gasteiger partial charge in [0.15, 0.2) is 0 Å². The molecule has 128 valence electrons. The monoisotopic (exact) mass is 334 g/mol. The van der Waals surface area contributed by atoms with Gasteiger partial charge in [-0.25, -0.2) is 9.18 Å². The van der Waals surface area contributed by atoms with Crippen LogP contribution in [0.1, 0.15) is 20.3 Å². The van der Waals surface area contributed by atoms with Crippen molar-refractivity contribution in [2.45, 2.75) is 20.3 Å². The Labute approximate surface area is 139 Å². The fourth-order valence-corrected chi connectivity index (χ4v) is 2.78. The van der Waals surface area contributed by atoms with Gasteiger partial charge in [-0.2, -0.15) is 0 Å². The number of methoxy groups -OCH3 is 1. The first-order valence-electron chi connectivity index (χ1n) is 7.56. The minimum Gasteiger partial charge on any atom is -0.466 e. The summed E-state index contributed by atoms with van der Waals surface area (Å²) in [5.41, 5.74) is 0.864. The van der Waals surface area contributed by atoms with Crippen LogP contribution < -0.4 is 10.2 Å². The lowest BCUT2D eigenvalue weighted by Crippen LogP contribution is -2.44. The summed E-state index contributed by atoms with van der Waals surface area (Å²) in [6, 6.07) is 5.34. The highest BCUT2D eigenvalue weighted by Gasteiger charge is 2.40. The number of hydrogen-bond donors (Lipinski definition) is 1. The number of anilines is 1. The molecule has 1 N–H and O–H groups in total. The minimum atomic E-state index is -0.901. The van der Waals surface area contributed by atoms with Crippen LogP contribution in [0.15, 0.2) is 35.5 Å². The molecule has 0 saturated carbocycles. The van der Waals surface area contributed by atoms with Crippen molar-refractivity contribution in [2.24, 2.45) is 5.92 Å². The topological polar surface area (TPSA) is 75.7 Å². The fraction of sp³-hybridized carbons (Fsp3) is 0.353. The number of nitrogens with one attached hydrogen (secondary N) is 1. The van der Waals surface area contributed by atoms with Crippen LogP contribution >= 0.6 is 0 Å². The summed E-state index contributed by atoms with van der Waals surface area (Å²) >= 11 is 0. The molecule has 1 aromatic carbocycles. The van der Waals surface area contributed by atoms with E-state index in [2.05, 4.69) is 5.32 Å². The number of carbonyl (C=O) groups excluding carboxylic acids is 3. The summed E-state index contributed by atoms with van der Waals surface area (Å²) in [7, 11) is 1.22. The van der Waals surface area contributed by atoms with E-state index in [4.69, 9.17) is 4.74 Å². The molecule has 0 saturated heterocycles. The molecule has 2 rings (SSSR count). The molecule has 0 radical (unpaired) electrons. The number of allylic oxidation sites excluding steroid dienone is 1. The van der Waals surface area contributed by atoms with Crippen molar-refractivity contribution in [3.05, 3.63) is 41.4 Å². The highest BCUT2D eigenvalue weighted by molar-refractivity contribution is 6.08. The third-order valence-electron chi connectivity index (χ3n) is 3.86. The number of esters is 1. The van der Waals surface area contributed by atoms with Crippen molar-refractivity contribution in [1.82, 2.24) is 5.32 Å². The molecule has 0 aliphatic carbocycles. The van der Waals surface area contributed by atoms with Crippen molar-refractivity contribution in [1.29, 1.82) is 0 Å².